The third kappa shape index (κ3) is 5.25. The number of carbonyl (C=O) groups is 2. The monoisotopic (exact) mass is 424 g/mol. The second-order valence-corrected chi connectivity index (χ2v) is 10.6. The third-order valence-electron chi connectivity index (χ3n) is 4.05. The van der Waals surface area contributed by atoms with Gasteiger partial charge in [0, 0.05) is 18.3 Å². The first-order valence-corrected chi connectivity index (χ1v) is 11.2. The van der Waals surface area contributed by atoms with Crippen LogP contribution in [-0.4, -0.2) is 66.2 Å². The van der Waals surface area contributed by atoms with E-state index < -0.39 is 27.5 Å². The van der Waals surface area contributed by atoms with Crippen LogP contribution in [0.25, 0.3) is 0 Å². The fraction of sp³-hybridized carbons (Fsp3) is 0.500. The minimum atomic E-state index is -3.89. The SMILES string of the molecule is CN(CC(=O)N1CSCC1C(=O)NC(C)(C)C)S(=O)(=O)c1ccc(C#N)cc1. The van der Waals surface area contributed by atoms with Crippen molar-refractivity contribution in [3.8, 4) is 6.07 Å². The zero-order valence-corrected chi connectivity index (χ0v) is 17.9. The molecule has 152 valence electrons. The van der Waals surface area contributed by atoms with Crippen LogP contribution in [0.2, 0.25) is 0 Å². The second kappa shape index (κ2) is 8.51. The first-order chi connectivity index (χ1) is 13.0. The van der Waals surface area contributed by atoms with Gasteiger partial charge in [0.05, 0.1) is 28.9 Å². The fourth-order valence-corrected chi connectivity index (χ4v) is 4.91. The molecule has 1 aromatic carbocycles. The van der Waals surface area contributed by atoms with E-state index in [2.05, 4.69) is 5.32 Å². The molecule has 10 heteroatoms. The molecule has 1 heterocycles. The molecule has 2 rings (SSSR count). The Morgan fingerprint density at radius 1 is 1.32 bits per heavy atom. The number of nitrogens with zero attached hydrogens (tertiary/aromatic N) is 3. The molecular weight excluding hydrogens is 400 g/mol. The zero-order chi connectivity index (χ0) is 21.1. The van der Waals surface area contributed by atoms with Gasteiger partial charge in [0.25, 0.3) is 0 Å². The number of amides is 2. The number of hydrogen-bond donors (Lipinski definition) is 1. The van der Waals surface area contributed by atoms with Crippen LogP contribution in [0.15, 0.2) is 29.2 Å². The van der Waals surface area contributed by atoms with Gasteiger partial charge < -0.3 is 10.2 Å². The molecule has 1 aliphatic rings. The lowest BCUT2D eigenvalue weighted by Gasteiger charge is -2.28. The summed E-state index contributed by atoms with van der Waals surface area (Å²) in [6.45, 7) is 5.20. The predicted octanol–water partition coefficient (Wildman–Crippen LogP) is 0.995. The first kappa shape index (κ1) is 22.2. The molecule has 0 saturated carbocycles. The average molecular weight is 425 g/mol. The Morgan fingerprint density at radius 3 is 2.46 bits per heavy atom. The van der Waals surface area contributed by atoms with E-state index in [4.69, 9.17) is 5.26 Å². The van der Waals surface area contributed by atoms with E-state index in [0.717, 1.165) is 4.31 Å². The van der Waals surface area contributed by atoms with E-state index in [1.807, 2.05) is 26.8 Å². The second-order valence-electron chi connectivity index (χ2n) is 7.52. The fourth-order valence-electron chi connectivity index (χ4n) is 2.61. The van der Waals surface area contributed by atoms with Crippen molar-refractivity contribution in [1.29, 1.82) is 5.26 Å². The van der Waals surface area contributed by atoms with Crippen molar-refractivity contribution >= 4 is 33.6 Å². The summed E-state index contributed by atoms with van der Waals surface area (Å²) in [5.74, 6) is 0.133. The van der Waals surface area contributed by atoms with Gasteiger partial charge in [-0.2, -0.15) is 9.57 Å². The Kier molecular flexibility index (Phi) is 6.75. The van der Waals surface area contributed by atoms with Gasteiger partial charge in [0.15, 0.2) is 0 Å². The molecule has 8 nitrogen and oxygen atoms in total. The zero-order valence-electron chi connectivity index (χ0n) is 16.3. The predicted molar refractivity (Wildman–Crippen MR) is 107 cm³/mol. The van der Waals surface area contributed by atoms with Gasteiger partial charge in [-0.1, -0.05) is 0 Å². The maximum atomic E-state index is 12.7. The Hall–Kier alpha value is -2.09. The molecule has 28 heavy (non-hydrogen) atoms. The summed E-state index contributed by atoms with van der Waals surface area (Å²) in [5, 5.41) is 11.7. The number of sulfonamides is 1. The topological polar surface area (TPSA) is 111 Å². The van der Waals surface area contributed by atoms with Gasteiger partial charge in [0.1, 0.15) is 6.04 Å². The normalized spacial score (nSPS) is 17.4. The average Bonchev–Trinajstić information content (AvgIpc) is 3.10. The lowest BCUT2D eigenvalue weighted by atomic mass is 10.1. The molecule has 0 aromatic heterocycles. The molecule has 1 atom stereocenters. The molecule has 0 bridgehead atoms. The Morgan fingerprint density at radius 2 is 1.93 bits per heavy atom. The van der Waals surface area contributed by atoms with Gasteiger partial charge in [0.2, 0.25) is 21.8 Å². The number of nitrogens with one attached hydrogen (secondary N) is 1. The summed E-state index contributed by atoms with van der Waals surface area (Å²) < 4.78 is 26.3. The van der Waals surface area contributed by atoms with Crippen LogP contribution in [-0.2, 0) is 19.6 Å². The van der Waals surface area contributed by atoms with Gasteiger partial charge in [-0.05, 0) is 45.0 Å². The van der Waals surface area contributed by atoms with Crippen LogP contribution in [0.3, 0.4) is 0 Å². The van der Waals surface area contributed by atoms with E-state index in [1.54, 1.807) is 0 Å². The number of rotatable bonds is 5. The van der Waals surface area contributed by atoms with Gasteiger partial charge >= 0.3 is 0 Å². The molecule has 0 radical (unpaired) electrons. The Balaban J connectivity index is 2.09. The first-order valence-electron chi connectivity index (χ1n) is 8.61. The highest BCUT2D eigenvalue weighted by atomic mass is 32.2. The molecule has 0 spiro atoms. The molecule has 1 aliphatic heterocycles. The highest BCUT2D eigenvalue weighted by molar-refractivity contribution is 7.99. The number of benzene rings is 1. The highest BCUT2D eigenvalue weighted by Crippen LogP contribution is 2.23. The Bertz CT molecular complexity index is 886. The maximum absolute atomic E-state index is 12.7. The molecule has 2 amide bonds. The van der Waals surface area contributed by atoms with Gasteiger partial charge in [-0.3, -0.25) is 9.59 Å². The minimum absolute atomic E-state index is 0.000349. The summed E-state index contributed by atoms with van der Waals surface area (Å²) in [5.41, 5.74) is -0.0751. The third-order valence-corrected chi connectivity index (χ3v) is 6.88. The number of thioether (sulfide) groups is 1. The summed E-state index contributed by atoms with van der Waals surface area (Å²) in [7, 11) is -2.57. The van der Waals surface area contributed by atoms with Crippen LogP contribution in [0, 0.1) is 11.3 Å². The van der Waals surface area contributed by atoms with Crippen molar-refractivity contribution in [2.45, 2.75) is 37.2 Å². The van der Waals surface area contributed by atoms with Crippen molar-refractivity contribution in [3.05, 3.63) is 29.8 Å². The number of carbonyl (C=O) groups excluding carboxylic acids is 2. The quantitative estimate of drug-likeness (QED) is 0.755. The summed E-state index contributed by atoms with van der Waals surface area (Å²) in [4.78, 5) is 26.6. The summed E-state index contributed by atoms with van der Waals surface area (Å²) in [6.07, 6.45) is 0. The van der Waals surface area contributed by atoms with E-state index >= 15 is 0 Å². The largest absolute Gasteiger partial charge is 0.350 e. The van der Waals surface area contributed by atoms with E-state index in [9.17, 15) is 18.0 Å². The molecule has 1 N–H and O–H groups in total. The van der Waals surface area contributed by atoms with Crippen molar-refractivity contribution < 1.29 is 18.0 Å². The minimum Gasteiger partial charge on any atom is -0.350 e. The van der Waals surface area contributed by atoms with Crippen LogP contribution in [0.1, 0.15) is 26.3 Å². The van der Waals surface area contributed by atoms with Gasteiger partial charge in [-0.15, -0.1) is 11.8 Å². The lowest BCUT2D eigenvalue weighted by Crippen LogP contribution is -2.53. The van der Waals surface area contributed by atoms with Gasteiger partial charge in [-0.25, -0.2) is 8.42 Å². The Labute approximate surface area is 169 Å². The van der Waals surface area contributed by atoms with Crippen LogP contribution in [0.5, 0.6) is 0 Å². The van der Waals surface area contributed by atoms with E-state index in [1.165, 1.54) is 48.0 Å². The van der Waals surface area contributed by atoms with Crippen molar-refractivity contribution in [2.24, 2.45) is 0 Å². The summed E-state index contributed by atoms with van der Waals surface area (Å²) >= 11 is 1.45. The molecule has 1 saturated heterocycles. The molecular formula is C18H24N4O4S2. The smallest absolute Gasteiger partial charge is 0.244 e. The number of nitriles is 1. The molecule has 1 aromatic rings. The van der Waals surface area contributed by atoms with Crippen molar-refractivity contribution in [2.75, 3.05) is 25.2 Å². The standard InChI is InChI=1S/C18H24N4O4S2/c1-18(2,3)20-17(24)15-11-27-12-22(15)16(23)10-21(4)28(25,26)14-7-5-13(9-19)6-8-14/h5-8,15H,10-12H2,1-4H3,(H,20,24). The van der Waals surface area contributed by atoms with Crippen molar-refractivity contribution in [3.63, 3.8) is 0 Å². The van der Waals surface area contributed by atoms with E-state index in [0.29, 0.717) is 17.2 Å². The lowest BCUT2D eigenvalue weighted by molar-refractivity contribution is -0.138. The summed E-state index contributed by atoms with van der Waals surface area (Å²) in [6, 6.07) is 6.79. The van der Waals surface area contributed by atoms with E-state index in [-0.39, 0.29) is 17.3 Å². The molecule has 0 aliphatic carbocycles. The van der Waals surface area contributed by atoms with Crippen molar-refractivity contribution in [1.82, 2.24) is 14.5 Å². The molecule has 1 unspecified atom stereocenters. The van der Waals surface area contributed by atoms with Crippen LogP contribution >= 0.6 is 11.8 Å². The van der Waals surface area contributed by atoms with Crippen LogP contribution < -0.4 is 5.32 Å². The maximum Gasteiger partial charge on any atom is 0.244 e. The number of hydrogen-bond acceptors (Lipinski definition) is 6. The van der Waals surface area contributed by atoms with Crippen LogP contribution in [0.4, 0.5) is 0 Å². The molecule has 1 fully saturated rings. The highest BCUT2D eigenvalue weighted by Gasteiger charge is 2.37. The number of likely N-dealkylation sites (N-methyl/N-ethyl adjacent to an activating group) is 1.